The van der Waals surface area contributed by atoms with Gasteiger partial charge in [-0.15, -0.1) is 22.7 Å². The number of aromatic nitrogens is 1. The van der Waals surface area contributed by atoms with Gasteiger partial charge in [-0.1, -0.05) is 0 Å². The number of hydrogen-bond acceptors (Lipinski definition) is 6. The molecule has 0 spiro atoms. The number of carbonyl (C=O) groups excluding carboxylic acids is 2. The Morgan fingerprint density at radius 3 is 2.60 bits per heavy atom. The van der Waals surface area contributed by atoms with Crippen molar-refractivity contribution in [3.8, 4) is 17.0 Å². The van der Waals surface area contributed by atoms with Crippen LogP contribution in [-0.4, -0.2) is 23.8 Å². The van der Waals surface area contributed by atoms with E-state index in [1.807, 2.05) is 0 Å². The Kier molecular flexibility index (Phi) is 4.91. The van der Waals surface area contributed by atoms with Crippen LogP contribution in [-0.2, 0) is 0 Å². The summed E-state index contributed by atoms with van der Waals surface area (Å²) in [5, 5.41) is 4.81. The molecule has 0 fully saturated rings. The topological polar surface area (TPSA) is 68.3 Å². The third kappa shape index (κ3) is 3.75. The number of ketones is 1. The molecule has 128 valence electrons. The average Bonchev–Trinajstić information content (AvgIpc) is 3.24. The number of Topliss-reactive ketones (excluding diaryl/α,β-unsaturated/α-hetero) is 1. The Hall–Kier alpha value is -2.58. The summed E-state index contributed by atoms with van der Waals surface area (Å²) in [5.41, 5.74) is 1.14. The zero-order valence-corrected chi connectivity index (χ0v) is 15.0. The van der Waals surface area contributed by atoms with Crippen molar-refractivity contribution in [1.29, 1.82) is 0 Å². The van der Waals surface area contributed by atoms with Crippen LogP contribution in [0.4, 0.5) is 9.52 Å². The van der Waals surface area contributed by atoms with Crippen molar-refractivity contribution >= 4 is 39.5 Å². The van der Waals surface area contributed by atoms with Crippen molar-refractivity contribution in [2.75, 3.05) is 12.4 Å². The lowest BCUT2D eigenvalue weighted by molar-refractivity contribution is 0.101. The van der Waals surface area contributed by atoms with Gasteiger partial charge in [0.25, 0.3) is 5.91 Å². The number of amides is 1. The minimum atomic E-state index is -0.478. The van der Waals surface area contributed by atoms with Crippen LogP contribution in [0.2, 0.25) is 0 Å². The van der Waals surface area contributed by atoms with Crippen LogP contribution in [0.3, 0.4) is 0 Å². The molecule has 3 aromatic rings. The Labute approximate surface area is 151 Å². The smallest absolute Gasteiger partial charge is 0.267 e. The maximum Gasteiger partial charge on any atom is 0.267 e. The monoisotopic (exact) mass is 376 g/mol. The van der Waals surface area contributed by atoms with Gasteiger partial charge in [0.05, 0.1) is 22.6 Å². The van der Waals surface area contributed by atoms with E-state index in [1.54, 1.807) is 23.6 Å². The molecule has 5 nitrogen and oxygen atoms in total. The first-order chi connectivity index (χ1) is 12.0. The highest BCUT2D eigenvalue weighted by molar-refractivity contribution is 7.16. The molecule has 0 aliphatic rings. The van der Waals surface area contributed by atoms with Gasteiger partial charge in [-0.25, -0.2) is 9.37 Å². The fourth-order valence-corrected chi connectivity index (χ4v) is 3.61. The van der Waals surface area contributed by atoms with Crippen molar-refractivity contribution in [2.24, 2.45) is 0 Å². The zero-order valence-electron chi connectivity index (χ0n) is 13.3. The lowest BCUT2D eigenvalue weighted by atomic mass is 10.1. The molecule has 3 rings (SSSR count). The van der Waals surface area contributed by atoms with Gasteiger partial charge in [-0.05, 0) is 37.3 Å². The first kappa shape index (κ1) is 17.2. The van der Waals surface area contributed by atoms with Gasteiger partial charge in [0, 0.05) is 10.9 Å². The van der Waals surface area contributed by atoms with E-state index in [1.165, 1.54) is 37.5 Å². The molecule has 1 amide bonds. The molecule has 0 radical (unpaired) electrons. The van der Waals surface area contributed by atoms with Crippen molar-refractivity contribution < 1.29 is 18.7 Å². The van der Waals surface area contributed by atoms with Gasteiger partial charge >= 0.3 is 0 Å². The molecule has 25 heavy (non-hydrogen) atoms. The lowest BCUT2D eigenvalue weighted by Gasteiger charge is -2.03. The van der Waals surface area contributed by atoms with E-state index >= 15 is 0 Å². The molecule has 0 unspecified atom stereocenters. The molecule has 2 aromatic heterocycles. The maximum atomic E-state index is 13.8. The van der Waals surface area contributed by atoms with Crippen LogP contribution in [0, 0.1) is 5.82 Å². The van der Waals surface area contributed by atoms with Crippen molar-refractivity contribution in [1.82, 2.24) is 4.98 Å². The fourth-order valence-electron chi connectivity index (χ4n) is 2.10. The predicted molar refractivity (Wildman–Crippen MR) is 96.3 cm³/mol. The maximum absolute atomic E-state index is 13.8. The van der Waals surface area contributed by atoms with Crippen molar-refractivity contribution in [3.05, 3.63) is 51.3 Å². The minimum Gasteiger partial charge on any atom is -0.494 e. The predicted octanol–water partition coefficient (Wildman–Crippen LogP) is 4.47. The van der Waals surface area contributed by atoms with Gasteiger partial charge in [0.15, 0.2) is 22.5 Å². The van der Waals surface area contributed by atoms with Gasteiger partial charge in [0.1, 0.15) is 0 Å². The average molecular weight is 376 g/mol. The Balaban J connectivity index is 1.76. The Morgan fingerprint density at radius 2 is 1.96 bits per heavy atom. The second kappa shape index (κ2) is 7.12. The van der Waals surface area contributed by atoms with Gasteiger partial charge in [-0.2, -0.15) is 0 Å². The van der Waals surface area contributed by atoms with Crippen LogP contribution in [0.1, 0.15) is 26.3 Å². The summed E-state index contributed by atoms with van der Waals surface area (Å²) in [7, 11) is 1.40. The summed E-state index contributed by atoms with van der Waals surface area (Å²) >= 11 is 2.37. The molecule has 0 aliphatic carbocycles. The number of thiazole rings is 1. The number of anilines is 1. The first-order valence-corrected chi connectivity index (χ1v) is 8.89. The number of rotatable bonds is 5. The van der Waals surface area contributed by atoms with E-state index in [2.05, 4.69) is 10.3 Å². The summed E-state index contributed by atoms with van der Waals surface area (Å²) in [6.07, 6.45) is 0. The number of carbonyl (C=O) groups is 2. The molecular formula is C17H13FN2O3S2. The third-order valence-electron chi connectivity index (χ3n) is 3.35. The Morgan fingerprint density at radius 1 is 1.20 bits per heavy atom. The van der Waals surface area contributed by atoms with Gasteiger partial charge in [0.2, 0.25) is 0 Å². The number of ether oxygens (including phenoxy) is 1. The zero-order chi connectivity index (χ0) is 18.0. The molecule has 0 aliphatic heterocycles. The largest absolute Gasteiger partial charge is 0.494 e. The van der Waals surface area contributed by atoms with Crippen LogP contribution in [0.15, 0.2) is 35.7 Å². The lowest BCUT2D eigenvalue weighted by Crippen LogP contribution is -2.09. The second-order valence-electron chi connectivity index (χ2n) is 5.06. The SMILES string of the molecule is COc1ccc(-c2csc(NC(=O)c3ccc(C(C)=O)s3)n2)cc1F. The van der Waals surface area contributed by atoms with Crippen molar-refractivity contribution in [2.45, 2.75) is 6.92 Å². The van der Waals surface area contributed by atoms with Gasteiger partial charge in [-0.3, -0.25) is 14.9 Å². The van der Waals surface area contributed by atoms with Crippen LogP contribution >= 0.6 is 22.7 Å². The van der Waals surface area contributed by atoms with E-state index in [0.29, 0.717) is 26.1 Å². The van der Waals surface area contributed by atoms with Crippen molar-refractivity contribution in [3.63, 3.8) is 0 Å². The molecule has 0 saturated heterocycles. The molecule has 1 aromatic carbocycles. The number of nitrogens with zero attached hydrogens (tertiary/aromatic N) is 1. The highest BCUT2D eigenvalue weighted by Crippen LogP contribution is 2.29. The molecule has 0 bridgehead atoms. The number of halogens is 1. The summed E-state index contributed by atoms with van der Waals surface area (Å²) in [6, 6.07) is 7.77. The molecule has 1 N–H and O–H groups in total. The number of thiophene rings is 1. The summed E-state index contributed by atoms with van der Waals surface area (Å²) < 4.78 is 18.7. The number of hydrogen-bond donors (Lipinski definition) is 1. The van der Waals surface area contributed by atoms with Crippen LogP contribution in [0.5, 0.6) is 5.75 Å². The summed E-state index contributed by atoms with van der Waals surface area (Å²) in [4.78, 5) is 28.8. The van der Waals surface area contributed by atoms with E-state index in [-0.39, 0.29) is 17.4 Å². The van der Waals surface area contributed by atoms with E-state index in [9.17, 15) is 14.0 Å². The fraction of sp³-hybridized carbons (Fsp3) is 0.118. The number of methoxy groups -OCH3 is 1. The standard InChI is InChI=1S/C17H13FN2O3S2/c1-9(21)14-5-6-15(25-14)16(22)20-17-19-12(8-24-17)10-3-4-13(23-2)11(18)7-10/h3-8H,1-2H3,(H,19,20,22). The second-order valence-corrected chi connectivity index (χ2v) is 7.00. The first-order valence-electron chi connectivity index (χ1n) is 7.19. The van der Waals surface area contributed by atoms with E-state index in [0.717, 1.165) is 11.3 Å². The molecule has 0 saturated carbocycles. The highest BCUT2D eigenvalue weighted by Gasteiger charge is 2.14. The quantitative estimate of drug-likeness (QED) is 0.667. The summed E-state index contributed by atoms with van der Waals surface area (Å²) in [5.74, 6) is -0.734. The van der Waals surface area contributed by atoms with E-state index in [4.69, 9.17) is 4.74 Å². The highest BCUT2D eigenvalue weighted by atomic mass is 32.1. The Bertz CT molecular complexity index is 949. The minimum absolute atomic E-state index is 0.0814. The normalized spacial score (nSPS) is 10.5. The molecule has 0 atom stereocenters. The molecule has 8 heteroatoms. The summed E-state index contributed by atoms with van der Waals surface area (Å²) in [6.45, 7) is 1.45. The van der Waals surface area contributed by atoms with Crippen LogP contribution < -0.4 is 10.1 Å². The van der Waals surface area contributed by atoms with Gasteiger partial charge < -0.3 is 4.74 Å². The van der Waals surface area contributed by atoms with Crippen LogP contribution in [0.25, 0.3) is 11.3 Å². The number of benzene rings is 1. The van der Waals surface area contributed by atoms with E-state index < -0.39 is 5.82 Å². The number of nitrogens with one attached hydrogen (secondary N) is 1. The molecule has 2 heterocycles. The molecular weight excluding hydrogens is 363 g/mol. The third-order valence-corrected chi connectivity index (χ3v) is 5.29.